The van der Waals surface area contributed by atoms with Gasteiger partial charge >= 0.3 is 0 Å². The Kier molecular flexibility index (Phi) is 6.71. The molecule has 2 aromatic rings. The second kappa shape index (κ2) is 8.78. The Morgan fingerprint density at radius 2 is 1.73 bits per heavy atom. The number of ether oxygens (including phenoxy) is 2. The summed E-state index contributed by atoms with van der Waals surface area (Å²) in [6.45, 7) is -0.142. The molecule has 0 aliphatic heterocycles. The first-order valence-electron chi connectivity index (χ1n) is 7.58. The predicted octanol–water partition coefficient (Wildman–Crippen LogP) is 3.72. The maximum Gasteiger partial charge on any atom is 0.254 e. The molecule has 0 atom stereocenters. The van der Waals surface area contributed by atoms with Crippen LogP contribution in [-0.2, 0) is 4.79 Å². The fourth-order valence-electron chi connectivity index (χ4n) is 2.29. The van der Waals surface area contributed by atoms with Crippen molar-refractivity contribution in [3.8, 4) is 11.5 Å². The number of likely N-dealkylation sites (N-methyl/N-ethyl adjacent to an activating group) is 1. The normalized spacial score (nSPS) is 10.2. The van der Waals surface area contributed by atoms with Crippen molar-refractivity contribution in [3.63, 3.8) is 0 Å². The largest absolute Gasteiger partial charge is 0.497 e. The van der Waals surface area contributed by atoms with Crippen LogP contribution in [0.3, 0.4) is 0 Å². The van der Waals surface area contributed by atoms with Crippen LogP contribution in [-0.4, -0.2) is 44.5 Å². The number of nitrogens with one attached hydrogen (secondary N) is 1. The third-order valence-electron chi connectivity index (χ3n) is 3.53. The molecule has 0 aliphatic carbocycles. The van der Waals surface area contributed by atoms with Gasteiger partial charge in [-0.3, -0.25) is 9.59 Å². The lowest BCUT2D eigenvalue weighted by atomic mass is 10.2. The number of nitrogens with zero attached hydrogens (tertiary/aromatic N) is 1. The number of carbonyl (C=O) groups excluding carboxylic acids is 2. The summed E-state index contributed by atoms with van der Waals surface area (Å²) in [5, 5.41) is 3.15. The molecule has 0 fully saturated rings. The van der Waals surface area contributed by atoms with E-state index in [4.69, 9.17) is 32.7 Å². The van der Waals surface area contributed by atoms with Crippen LogP contribution in [0.5, 0.6) is 11.5 Å². The number of anilines is 1. The van der Waals surface area contributed by atoms with E-state index >= 15 is 0 Å². The number of hydrogen-bond donors (Lipinski definition) is 1. The van der Waals surface area contributed by atoms with E-state index in [0.717, 1.165) is 0 Å². The third-order valence-corrected chi connectivity index (χ3v) is 4.09. The summed E-state index contributed by atoms with van der Waals surface area (Å²) in [7, 11) is 4.49. The van der Waals surface area contributed by atoms with Gasteiger partial charge in [0.15, 0.2) is 5.75 Å². The van der Waals surface area contributed by atoms with Crippen molar-refractivity contribution < 1.29 is 19.1 Å². The van der Waals surface area contributed by atoms with Gasteiger partial charge in [-0.05, 0) is 24.3 Å². The first-order valence-corrected chi connectivity index (χ1v) is 8.33. The van der Waals surface area contributed by atoms with Crippen LogP contribution < -0.4 is 14.8 Å². The number of methoxy groups -OCH3 is 2. The van der Waals surface area contributed by atoms with Crippen molar-refractivity contribution >= 4 is 40.7 Å². The molecule has 6 nitrogen and oxygen atoms in total. The topological polar surface area (TPSA) is 67.9 Å². The van der Waals surface area contributed by atoms with E-state index in [1.54, 1.807) is 31.4 Å². The molecule has 2 aromatic carbocycles. The maximum atomic E-state index is 12.5. The van der Waals surface area contributed by atoms with Crippen molar-refractivity contribution in [2.75, 3.05) is 33.1 Å². The summed E-state index contributed by atoms with van der Waals surface area (Å²) in [6, 6.07) is 9.83. The molecular formula is C18H18Cl2N2O4. The van der Waals surface area contributed by atoms with Gasteiger partial charge in [0.1, 0.15) is 5.75 Å². The zero-order valence-corrected chi connectivity index (χ0v) is 16.0. The Labute approximate surface area is 161 Å². The van der Waals surface area contributed by atoms with Crippen LogP contribution in [0.1, 0.15) is 10.4 Å². The molecule has 0 saturated carbocycles. The van der Waals surface area contributed by atoms with Gasteiger partial charge in [-0.25, -0.2) is 0 Å². The van der Waals surface area contributed by atoms with E-state index < -0.39 is 5.91 Å². The number of carbonyl (C=O) groups is 2. The molecule has 0 heterocycles. The Balaban J connectivity index is 2.05. The van der Waals surface area contributed by atoms with Crippen LogP contribution >= 0.6 is 23.2 Å². The summed E-state index contributed by atoms with van der Waals surface area (Å²) in [6.07, 6.45) is 0. The average molecular weight is 397 g/mol. The van der Waals surface area contributed by atoms with Crippen molar-refractivity contribution in [1.82, 2.24) is 4.90 Å². The van der Waals surface area contributed by atoms with Crippen LogP contribution in [0.4, 0.5) is 5.69 Å². The van der Waals surface area contributed by atoms with E-state index in [9.17, 15) is 9.59 Å². The molecular weight excluding hydrogens is 379 g/mol. The highest BCUT2D eigenvalue weighted by atomic mass is 35.5. The van der Waals surface area contributed by atoms with Crippen LogP contribution in [0.25, 0.3) is 0 Å². The summed E-state index contributed by atoms with van der Waals surface area (Å²) >= 11 is 12.1. The fourth-order valence-corrected chi connectivity index (χ4v) is 2.93. The fraction of sp³-hybridized carbons (Fsp3) is 0.222. The standard InChI is InChI=1S/C18H18Cl2N2O4/c1-22(10-16(23)21-12-5-4-6-13(9-12)25-2)18(24)11-7-14(19)17(26-3)15(20)8-11/h4-9H,10H2,1-3H3,(H,21,23). The van der Waals surface area contributed by atoms with Crippen molar-refractivity contribution in [2.24, 2.45) is 0 Å². The Morgan fingerprint density at radius 3 is 2.31 bits per heavy atom. The molecule has 8 heteroatoms. The van der Waals surface area contributed by atoms with Gasteiger partial charge < -0.3 is 19.7 Å². The maximum absolute atomic E-state index is 12.5. The zero-order chi connectivity index (χ0) is 19.3. The molecule has 138 valence electrons. The third kappa shape index (κ3) is 4.80. The highest BCUT2D eigenvalue weighted by molar-refractivity contribution is 6.37. The quantitative estimate of drug-likeness (QED) is 0.807. The molecule has 2 amide bonds. The molecule has 0 radical (unpaired) electrons. The highest BCUT2D eigenvalue weighted by Crippen LogP contribution is 2.34. The summed E-state index contributed by atoms with van der Waals surface area (Å²) in [5.41, 5.74) is 0.836. The lowest BCUT2D eigenvalue weighted by molar-refractivity contribution is -0.116. The van der Waals surface area contributed by atoms with Gasteiger partial charge in [-0.2, -0.15) is 0 Å². The van der Waals surface area contributed by atoms with Crippen LogP contribution in [0.15, 0.2) is 36.4 Å². The minimum atomic E-state index is -0.391. The number of benzene rings is 2. The number of halogens is 2. The minimum absolute atomic E-state index is 0.142. The van der Waals surface area contributed by atoms with Gasteiger partial charge in [0.25, 0.3) is 5.91 Å². The monoisotopic (exact) mass is 396 g/mol. The van der Waals surface area contributed by atoms with Crippen LogP contribution in [0, 0.1) is 0 Å². The Bertz CT molecular complexity index is 804. The molecule has 0 unspecified atom stereocenters. The van der Waals surface area contributed by atoms with Crippen molar-refractivity contribution in [2.45, 2.75) is 0 Å². The molecule has 1 N–H and O–H groups in total. The molecule has 0 aliphatic rings. The Hall–Kier alpha value is -2.44. The molecule has 26 heavy (non-hydrogen) atoms. The smallest absolute Gasteiger partial charge is 0.254 e. The first-order chi connectivity index (χ1) is 12.3. The summed E-state index contributed by atoms with van der Waals surface area (Å²) in [4.78, 5) is 25.9. The van der Waals surface area contributed by atoms with Crippen molar-refractivity contribution in [1.29, 1.82) is 0 Å². The van der Waals surface area contributed by atoms with E-state index in [0.29, 0.717) is 17.2 Å². The van der Waals surface area contributed by atoms with Gasteiger partial charge in [-0.1, -0.05) is 29.3 Å². The van der Waals surface area contributed by atoms with E-state index in [1.165, 1.54) is 31.2 Å². The molecule has 0 bridgehead atoms. The first kappa shape index (κ1) is 19.9. The second-order valence-corrected chi connectivity index (χ2v) is 6.23. The molecule has 0 saturated heterocycles. The lowest BCUT2D eigenvalue weighted by Crippen LogP contribution is -2.34. The van der Waals surface area contributed by atoms with E-state index in [-0.39, 0.29) is 28.1 Å². The van der Waals surface area contributed by atoms with E-state index in [2.05, 4.69) is 5.32 Å². The highest BCUT2D eigenvalue weighted by Gasteiger charge is 2.18. The van der Waals surface area contributed by atoms with E-state index in [1.807, 2.05) is 0 Å². The number of amides is 2. The minimum Gasteiger partial charge on any atom is -0.497 e. The SMILES string of the molecule is COc1cccc(NC(=O)CN(C)C(=O)c2cc(Cl)c(OC)c(Cl)c2)c1. The summed E-state index contributed by atoms with van der Waals surface area (Å²) in [5.74, 6) is 0.176. The zero-order valence-electron chi connectivity index (χ0n) is 14.5. The number of hydrogen-bond acceptors (Lipinski definition) is 4. The predicted molar refractivity (Wildman–Crippen MR) is 102 cm³/mol. The van der Waals surface area contributed by atoms with Gasteiger partial charge in [-0.15, -0.1) is 0 Å². The Morgan fingerprint density at radius 1 is 1.08 bits per heavy atom. The number of rotatable bonds is 6. The molecule has 0 spiro atoms. The van der Waals surface area contributed by atoms with Crippen molar-refractivity contribution in [3.05, 3.63) is 52.0 Å². The average Bonchev–Trinajstić information content (AvgIpc) is 2.60. The van der Waals surface area contributed by atoms with Gasteiger partial charge in [0.2, 0.25) is 5.91 Å². The lowest BCUT2D eigenvalue weighted by Gasteiger charge is -2.18. The van der Waals surface area contributed by atoms with Gasteiger partial charge in [0.05, 0.1) is 30.8 Å². The second-order valence-electron chi connectivity index (χ2n) is 5.41. The van der Waals surface area contributed by atoms with Gasteiger partial charge in [0, 0.05) is 24.4 Å². The molecule has 2 rings (SSSR count). The molecule has 0 aromatic heterocycles. The van der Waals surface area contributed by atoms with Crippen LogP contribution in [0.2, 0.25) is 10.0 Å². The summed E-state index contributed by atoms with van der Waals surface area (Å²) < 4.78 is 10.2.